The summed E-state index contributed by atoms with van der Waals surface area (Å²) in [6, 6.07) is 6.59. The Kier molecular flexibility index (Phi) is 8.99. The molecule has 0 aliphatic carbocycles. The number of nitrogens with one attached hydrogen (secondary N) is 2. The van der Waals surface area contributed by atoms with Gasteiger partial charge in [-0.15, -0.1) is 0 Å². The molecule has 40 heavy (non-hydrogen) atoms. The fraction of sp³-hybridized carbons (Fsp3) is 0.320. The summed E-state index contributed by atoms with van der Waals surface area (Å²) in [5, 5.41) is 11.8. The number of benzene rings is 2. The van der Waals surface area contributed by atoms with Crippen molar-refractivity contribution in [1.29, 1.82) is 0 Å². The molecule has 1 fully saturated rings. The van der Waals surface area contributed by atoms with Gasteiger partial charge in [-0.1, -0.05) is 40.9 Å². The first kappa shape index (κ1) is 30.1. The monoisotopic (exact) mass is 636 g/mol. The van der Waals surface area contributed by atoms with Crippen molar-refractivity contribution in [2.24, 2.45) is 18.7 Å². The molecule has 1 saturated heterocycles. The molecule has 0 radical (unpaired) electrons. The second kappa shape index (κ2) is 11.9. The fourth-order valence-electron chi connectivity index (χ4n) is 4.47. The molecule has 2 aromatic carbocycles. The molecule has 0 saturated carbocycles. The number of allylic oxidation sites excluding steroid dienone is 1. The van der Waals surface area contributed by atoms with Gasteiger partial charge in [-0.05, 0) is 48.2 Å². The Bertz CT molecular complexity index is 1510. The van der Waals surface area contributed by atoms with Crippen LogP contribution in [0.25, 0.3) is 11.0 Å². The topological polar surface area (TPSA) is 114 Å². The van der Waals surface area contributed by atoms with Crippen LogP contribution < -0.4 is 26.7 Å². The zero-order valence-corrected chi connectivity index (χ0v) is 24.1. The second-order valence-corrected chi connectivity index (χ2v) is 10.9. The van der Waals surface area contributed by atoms with Crippen molar-refractivity contribution in [3.8, 4) is 0 Å². The Balaban J connectivity index is 1.60. The number of halogens is 7. The van der Waals surface area contributed by atoms with E-state index in [1.54, 1.807) is 40.8 Å². The first-order valence-electron chi connectivity index (χ1n) is 12.0. The van der Waals surface area contributed by atoms with Crippen LogP contribution in [0.15, 0.2) is 36.0 Å². The normalized spacial score (nSPS) is 16.4. The first-order chi connectivity index (χ1) is 18.8. The van der Waals surface area contributed by atoms with E-state index in [4.69, 9.17) is 57.5 Å². The molecule has 1 atom stereocenters. The summed E-state index contributed by atoms with van der Waals surface area (Å²) in [6.07, 6.45) is -2.65. The Morgan fingerprint density at radius 2 is 1.98 bits per heavy atom. The number of aryl methyl sites for hydroxylation is 1. The average Bonchev–Trinajstić information content (AvgIpc) is 3.18. The number of carbonyl (C=O) groups excluding carboxylic acids is 1. The van der Waals surface area contributed by atoms with E-state index in [1.165, 1.54) is 0 Å². The van der Waals surface area contributed by atoms with Gasteiger partial charge in [0, 0.05) is 26.7 Å². The highest BCUT2D eigenvalue weighted by molar-refractivity contribution is 6.66. The number of amides is 1. The summed E-state index contributed by atoms with van der Waals surface area (Å²) in [5.74, 6) is -1.65. The quantitative estimate of drug-likeness (QED) is 0.217. The van der Waals surface area contributed by atoms with E-state index < -0.39 is 18.0 Å². The van der Waals surface area contributed by atoms with Gasteiger partial charge in [-0.25, -0.2) is 10.4 Å². The predicted molar refractivity (Wildman–Crippen MR) is 153 cm³/mol. The molecule has 1 unspecified atom stereocenters. The number of rotatable bonds is 7. The van der Waals surface area contributed by atoms with E-state index >= 15 is 0 Å². The van der Waals surface area contributed by atoms with Gasteiger partial charge >= 0.3 is 6.18 Å². The summed E-state index contributed by atoms with van der Waals surface area (Å²) in [5.41, 5.74) is 8.02. The van der Waals surface area contributed by atoms with Crippen LogP contribution in [0.3, 0.4) is 0 Å². The smallest absolute Gasteiger partial charge is 0.393 e. The number of alkyl halides is 3. The highest BCUT2D eigenvalue weighted by atomic mass is 35.5. The molecule has 214 valence electrons. The molecule has 8 nitrogen and oxygen atoms in total. The molecule has 15 heteroatoms. The number of anilines is 3. The third kappa shape index (κ3) is 6.54. The van der Waals surface area contributed by atoms with Crippen LogP contribution in [0.4, 0.5) is 30.5 Å². The zero-order valence-electron chi connectivity index (χ0n) is 21.0. The lowest BCUT2D eigenvalue weighted by molar-refractivity contribution is -0.176. The first-order valence-corrected chi connectivity index (χ1v) is 13.5. The number of nitrogens with two attached hydrogens (primary N) is 2. The van der Waals surface area contributed by atoms with Gasteiger partial charge in [-0.3, -0.25) is 4.79 Å². The fourth-order valence-corrected chi connectivity index (χ4v) is 5.40. The molecule has 0 spiro atoms. The highest BCUT2D eigenvalue weighted by Crippen LogP contribution is 2.40. The predicted octanol–water partition coefficient (Wildman–Crippen LogP) is 4.91. The lowest BCUT2D eigenvalue weighted by atomic mass is 9.97. The number of hydrogen-bond donors (Lipinski definition) is 4. The number of fused-ring (bicyclic) bond motifs is 1. The van der Waals surface area contributed by atoms with E-state index in [-0.39, 0.29) is 35.4 Å². The van der Waals surface area contributed by atoms with Gasteiger partial charge in [0.25, 0.3) is 11.1 Å². The van der Waals surface area contributed by atoms with E-state index in [0.717, 1.165) is 6.08 Å². The third-order valence-corrected chi connectivity index (χ3v) is 7.74. The lowest BCUT2D eigenvalue weighted by Crippen LogP contribution is -2.41. The molecule has 1 aliphatic heterocycles. The SMILES string of the molecule is Cn1c(Nc2c(Cl)ccc(CNC(=O)/C(N)=C/C(=[NH2+])Cl)c2Cl)nc2cc(Cl)c(N3CCCC(C(F)(F)F)C3)cc21. The molecular formula is C25H25Cl4F3N7O+. The number of carbonyl (C=O) groups is 1. The Hall–Kier alpha value is -2.86. The number of hydrogen-bond acceptors (Lipinski definition) is 5. The zero-order chi connectivity index (χ0) is 29.4. The summed E-state index contributed by atoms with van der Waals surface area (Å²) >= 11 is 25.1. The minimum atomic E-state index is -4.27. The van der Waals surface area contributed by atoms with Gasteiger partial charge in [0.1, 0.15) is 5.70 Å². The Labute approximate surface area is 247 Å². The maximum atomic E-state index is 13.4. The minimum Gasteiger partial charge on any atom is -0.394 e. The van der Waals surface area contributed by atoms with Crippen LogP contribution in [0.5, 0.6) is 0 Å². The second-order valence-electron chi connectivity index (χ2n) is 9.30. The molecule has 6 N–H and O–H groups in total. The molecular weight excluding hydrogens is 613 g/mol. The Morgan fingerprint density at radius 3 is 2.65 bits per heavy atom. The minimum absolute atomic E-state index is 0.0243. The lowest BCUT2D eigenvalue weighted by Gasteiger charge is -2.35. The van der Waals surface area contributed by atoms with Gasteiger partial charge in [-0.2, -0.15) is 13.2 Å². The van der Waals surface area contributed by atoms with Crippen LogP contribution in [0.2, 0.25) is 15.1 Å². The van der Waals surface area contributed by atoms with Crippen LogP contribution in [-0.4, -0.2) is 39.9 Å². The van der Waals surface area contributed by atoms with Crippen LogP contribution >= 0.6 is 46.4 Å². The molecule has 4 rings (SSSR count). The molecule has 2 heterocycles. The van der Waals surface area contributed by atoms with Gasteiger partial charge in [0.2, 0.25) is 5.95 Å². The van der Waals surface area contributed by atoms with E-state index in [1.807, 2.05) is 0 Å². The molecule has 1 aromatic heterocycles. The number of piperidine rings is 1. The van der Waals surface area contributed by atoms with Crippen LogP contribution in [0.1, 0.15) is 18.4 Å². The van der Waals surface area contributed by atoms with Crippen molar-refractivity contribution in [1.82, 2.24) is 14.9 Å². The van der Waals surface area contributed by atoms with Crippen LogP contribution in [-0.2, 0) is 18.4 Å². The third-order valence-electron chi connectivity index (χ3n) is 6.58. The van der Waals surface area contributed by atoms with E-state index in [9.17, 15) is 18.0 Å². The molecule has 1 amide bonds. The van der Waals surface area contributed by atoms with Gasteiger partial charge in [0.05, 0.1) is 49.5 Å². The standard InChI is InChI=1S/C25H24Cl4F3N7O/c1-38-19-9-18(39-6-2-3-13(11-39)25(30,31)32)15(27)7-17(19)36-24(38)37-22-14(26)5-4-12(21(22)29)10-35-23(40)16(33)8-20(28)34/h4-5,7-9,13,34H,2-3,6,10-11,33H2,1H3,(H,35,40)(H,36,37)/p+1/b16-8-,34-20?. The van der Waals surface area contributed by atoms with Crippen molar-refractivity contribution >= 4 is 85.8 Å². The highest BCUT2D eigenvalue weighted by Gasteiger charge is 2.42. The number of imidazole rings is 1. The van der Waals surface area contributed by atoms with Gasteiger partial charge < -0.3 is 25.8 Å². The number of nitrogens with zero attached hydrogens (tertiary/aromatic N) is 3. The summed E-state index contributed by atoms with van der Waals surface area (Å²) < 4.78 is 41.9. The van der Waals surface area contributed by atoms with Crippen LogP contribution in [0, 0.1) is 5.92 Å². The largest absolute Gasteiger partial charge is 0.394 e. The van der Waals surface area contributed by atoms with Gasteiger partial charge in [0.15, 0.2) is 0 Å². The maximum absolute atomic E-state index is 13.4. The maximum Gasteiger partial charge on any atom is 0.393 e. The molecule has 3 aromatic rings. The summed E-state index contributed by atoms with van der Waals surface area (Å²) in [6.45, 7) is 0.329. The van der Waals surface area contributed by atoms with Crippen molar-refractivity contribution in [3.05, 3.63) is 56.7 Å². The summed E-state index contributed by atoms with van der Waals surface area (Å²) in [4.78, 5) is 18.4. The number of aromatic nitrogens is 2. The Morgan fingerprint density at radius 1 is 1.25 bits per heavy atom. The summed E-state index contributed by atoms with van der Waals surface area (Å²) in [7, 11) is 1.74. The molecule has 0 bridgehead atoms. The van der Waals surface area contributed by atoms with Crippen molar-refractivity contribution in [2.45, 2.75) is 25.6 Å². The van der Waals surface area contributed by atoms with E-state index in [2.05, 4.69) is 15.6 Å². The van der Waals surface area contributed by atoms with Crippen molar-refractivity contribution in [3.63, 3.8) is 0 Å². The molecule has 1 aliphatic rings. The average molecular weight is 638 g/mol. The van der Waals surface area contributed by atoms with Crippen molar-refractivity contribution in [2.75, 3.05) is 23.3 Å². The van der Waals surface area contributed by atoms with Crippen molar-refractivity contribution < 1.29 is 23.4 Å². The van der Waals surface area contributed by atoms with E-state index in [0.29, 0.717) is 56.9 Å².